The second-order valence-electron chi connectivity index (χ2n) is 3.50. The van der Waals surface area contributed by atoms with E-state index < -0.39 is 0 Å². The van der Waals surface area contributed by atoms with Gasteiger partial charge in [0.25, 0.3) is 0 Å². The molecule has 0 saturated heterocycles. The molecule has 78 valence electrons. The second kappa shape index (κ2) is 4.24. The first-order chi connectivity index (χ1) is 7.95. The fourth-order valence-electron chi connectivity index (χ4n) is 1.79. The Hall–Kier alpha value is -1.38. The fourth-order valence-corrected chi connectivity index (χ4v) is 3.47. The quantitative estimate of drug-likeness (QED) is 0.713. The molecule has 2 heterocycles. The van der Waals surface area contributed by atoms with Gasteiger partial charge in [-0.3, -0.25) is 0 Å². The summed E-state index contributed by atoms with van der Waals surface area (Å²) in [5, 5.41) is 4.26. The summed E-state index contributed by atoms with van der Waals surface area (Å²) in [6, 6.07) is 8.59. The van der Waals surface area contributed by atoms with Crippen molar-refractivity contribution >= 4 is 28.2 Å². The predicted octanol–water partition coefficient (Wildman–Crippen LogP) is 4.74. The van der Waals surface area contributed by atoms with E-state index >= 15 is 0 Å². The summed E-state index contributed by atoms with van der Waals surface area (Å²) in [5.41, 5.74) is 2.67. The van der Waals surface area contributed by atoms with Crippen LogP contribution < -0.4 is 0 Å². The van der Waals surface area contributed by atoms with Crippen LogP contribution >= 0.6 is 22.7 Å². The van der Waals surface area contributed by atoms with Crippen LogP contribution in [0.4, 0.5) is 0 Å². The summed E-state index contributed by atoms with van der Waals surface area (Å²) >= 11 is 3.59. The van der Waals surface area contributed by atoms with Crippen molar-refractivity contribution in [2.24, 2.45) is 0 Å². The summed E-state index contributed by atoms with van der Waals surface area (Å²) in [4.78, 5) is 2.68. The van der Waals surface area contributed by atoms with Crippen molar-refractivity contribution in [2.45, 2.75) is 0 Å². The minimum absolute atomic E-state index is 1.31. The summed E-state index contributed by atoms with van der Waals surface area (Å²) < 4.78 is 0. The Balaban J connectivity index is 2.20. The molecule has 0 spiro atoms. The molecule has 0 N–H and O–H groups in total. The monoisotopic (exact) mass is 242 g/mol. The highest BCUT2D eigenvalue weighted by molar-refractivity contribution is 7.13. The maximum Gasteiger partial charge on any atom is 0.0362 e. The molecular formula is C14H10S2. The maximum absolute atomic E-state index is 2.19. The van der Waals surface area contributed by atoms with Crippen molar-refractivity contribution in [3.63, 3.8) is 0 Å². The second-order valence-corrected chi connectivity index (χ2v) is 5.40. The number of allylic oxidation sites excluding steroid dienone is 5. The number of rotatable bonds is 2. The molecule has 2 aromatic heterocycles. The van der Waals surface area contributed by atoms with Crippen LogP contribution in [0.3, 0.4) is 0 Å². The van der Waals surface area contributed by atoms with E-state index in [1.165, 1.54) is 20.9 Å². The Morgan fingerprint density at radius 1 is 0.812 bits per heavy atom. The number of hydrogen-bond donors (Lipinski definition) is 0. The fraction of sp³-hybridized carbons (Fsp3) is 0. The van der Waals surface area contributed by atoms with E-state index in [1.54, 1.807) is 22.7 Å². The average Bonchev–Trinajstić information content (AvgIpc) is 3.02. The maximum atomic E-state index is 2.19. The van der Waals surface area contributed by atoms with Crippen molar-refractivity contribution in [1.82, 2.24) is 0 Å². The van der Waals surface area contributed by atoms with E-state index in [9.17, 15) is 0 Å². The largest absolute Gasteiger partial charge is 0.144 e. The van der Waals surface area contributed by atoms with Crippen LogP contribution in [0.15, 0.2) is 64.9 Å². The van der Waals surface area contributed by atoms with Crippen LogP contribution in [0.1, 0.15) is 9.75 Å². The van der Waals surface area contributed by atoms with Gasteiger partial charge in [-0.2, -0.15) is 0 Å². The van der Waals surface area contributed by atoms with Gasteiger partial charge in [0.1, 0.15) is 0 Å². The summed E-state index contributed by atoms with van der Waals surface area (Å²) in [5.74, 6) is 0. The lowest BCUT2D eigenvalue weighted by Gasteiger charge is -2.05. The van der Waals surface area contributed by atoms with Gasteiger partial charge in [-0.05, 0) is 28.5 Å². The average molecular weight is 242 g/mol. The SMILES string of the molecule is C1=CC(=C(c2cccs2)c2cccs2)C=C1. The number of thiophene rings is 2. The molecule has 0 radical (unpaired) electrons. The molecule has 0 amide bonds. The normalized spacial score (nSPS) is 13.6. The van der Waals surface area contributed by atoms with E-state index in [1.807, 2.05) is 0 Å². The molecule has 2 heteroatoms. The van der Waals surface area contributed by atoms with Crippen molar-refractivity contribution < 1.29 is 0 Å². The minimum atomic E-state index is 1.31. The van der Waals surface area contributed by atoms with E-state index in [-0.39, 0.29) is 0 Å². The molecule has 3 rings (SSSR count). The molecule has 1 aliphatic carbocycles. The Kier molecular flexibility index (Phi) is 2.60. The molecule has 0 aliphatic heterocycles. The zero-order valence-corrected chi connectivity index (χ0v) is 10.2. The Morgan fingerprint density at radius 2 is 1.38 bits per heavy atom. The van der Waals surface area contributed by atoms with Crippen molar-refractivity contribution in [1.29, 1.82) is 0 Å². The molecular weight excluding hydrogens is 232 g/mol. The van der Waals surface area contributed by atoms with Gasteiger partial charge in [0.15, 0.2) is 0 Å². The summed E-state index contributed by atoms with van der Waals surface area (Å²) in [7, 11) is 0. The minimum Gasteiger partial charge on any atom is -0.144 e. The smallest absolute Gasteiger partial charge is 0.0362 e. The summed E-state index contributed by atoms with van der Waals surface area (Å²) in [6.07, 6.45) is 8.54. The van der Waals surface area contributed by atoms with Gasteiger partial charge in [-0.25, -0.2) is 0 Å². The van der Waals surface area contributed by atoms with Crippen molar-refractivity contribution in [3.8, 4) is 0 Å². The first-order valence-corrected chi connectivity index (χ1v) is 6.88. The topological polar surface area (TPSA) is 0 Å². The Bertz CT molecular complexity index is 502. The highest BCUT2D eigenvalue weighted by atomic mass is 32.1. The van der Waals surface area contributed by atoms with E-state index in [0.29, 0.717) is 0 Å². The lowest BCUT2D eigenvalue weighted by atomic mass is 10.1. The van der Waals surface area contributed by atoms with Gasteiger partial charge in [0.05, 0.1) is 0 Å². The molecule has 0 saturated carbocycles. The molecule has 2 aromatic rings. The van der Waals surface area contributed by atoms with Gasteiger partial charge < -0.3 is 0 Å². The van der Waals surface area contributed by atoms with Crippen LogP contribution in [0.5, 0.6) is 0 Å². The van der Waals surface area contributed by atoms with Crippen molar-refractivity contribution in [2.75, 3.05) is 0 Å². The van der Waals surface area contributed by atoms with Crippen LogP contribution in [-0.4, -0.2) is 0 Å². The lowest BCUT2D eigenvalue weighted by molar-refractivity contribution is 1.70. The summed E-state index contributed by atoms with van der Waals surface area (Å²) in [6.45, 7) is 0. The van der Waals surface area contributed by atoms with Gasteiger partial charge in [-0.1, -0.05) is 36.4 Å². The number of hydrogen-bond acceptors (Lipinski definition) is 2. The van der Waals surface area contributed by atoms with Crippen LogP contribution in [0.2, 0.25) is 0 Å². The first kappa shape index (κ1) is 9.82. The Labute approximate surface area is 103 Å². The first-order valence-electron chi connectivity index (χ1n) is 5.12. The third kappa shape index (κ3) is 1.70. The highest BCUT2D eigenvalue weighted by Gasteiger charge is 2.11. The third-order valence-electron chi connectivity index (χ3n) is 2.49. The van der Waals surface area contributed by atoms with Crippen LogP contribution in [-0.2, 0) is 0 Å². The van der Waals surface area contributed by atoms with Crippen molar-refractivity contribution in [3.05, 3.63) is 74.7 Å². The highest BCUT2D eigenvalue weighted by Crippen LogP contribution is 2.34. The van der Waals surface area contributed by atoms with Gasteiger partial charge in [0, 0.05) is 15.3 Å². The molecule has 0 atom stereocenters. The molecule has 0 unspecified atom stereocenters. The lowest BCUT2D eigenvalue weighted by Crippen LogP contribution is -1.84. The predicted molar refractivity (Wildman–Crippen MR) is 72.9 cm³/mol. The third-order valence-corrected chi connectivity index (χ3v) is 4.26. The zero-order chi connectivity index (χ0) is 10.8. The van der Waals surface area contributed by atoms with E-state index in [4.69, 9.17) is 0 Å². The molecule has 1 aliphatic rings. The van der Waals surface area contributed by atoms with Gasteiger partial charge in [-0.15, -0.1) is 22.7 Å². The van der Waals surface area contributed by atoms with Gasteiger partial charge in [0.2, 0.25) is 0 Å². The van der Waals surface area contributed by atoms with E-state index in [2.05, 4.69) is 59.3 Å². The van der Waals surface area contributed by atoms with Gasteiger partial charge >= 0.3 is 0 Å². The standard InChI is InChI=1S/C14H10S2/c1-2-6-11(5-1)14(12-7-3-9-15-12)13-8-4-10-16-13/h1-10H. The molecule has 0 aromatic carbocycles. The van der Waals surface area contributed by atoms with Crippen LogP contribution in [0.25, 0.3) is 5.57 Å². The molecule has 0 nitrogen and oxygen atoms in total. The molecule has 0 fully saturated rings. The van der Waals surface area contributed by atoms with E-state index in [0.717, 1.165) is 0 Å². The zero-order valence-electron chi connectivity index (χ0n) is 8.59. The molecule has 16 heavy (non-hydrogen) atoms. The van der Waals surface area contributed by atoms with Crippen LogP contribution in [0, 0.1) is 0 Å². The molecule has 0 bridgehead atoms. The Morgan fingerprint density at radius 3 is 1.81 bits per heavy atom.